The fourth-order valence-electron chi connectivity index (χ4n) is 2.62. The Morgan fingerprint density at radius 2 is 1.86 bits per heavy atom. The topological polar surface area (TPSA) is 80.6 Å². The maximum Gasteiger partial charge on any atom is 0.259 e. The normalized spacial score (nSPS) is 10.4. The summed E-state index contributed by atoms with van der Waals surface area (Å²) in [5.41, 5.74) is 1.14. The Morgan fingerprint density at radius 1 is 1.04 bits per heavy atom. The van der Waals surface area contributed by atoms with Crippen LogP contribution in [-0.4, -0.2) is 18.4 Å². The average molecular weight is 443 g/mol. The molecule has 0 saturated carbocycles. The molecule has 1 aromatic heterocycles. The number of halogens is 1. The molecular weight excluding hydrogens is 424 g/mol. The molecule has 0 unspecified atom stereocenters. The Morgan fingerprint density at radius 3 is 2.61 bits per heavy atom. The van der Waals surface area contributed by atoms with Crippen LogP contribution in [0.2, 0.25) is 0 Å². The van der Waals surface area contributed by atoms with Crippen LogP contribution in [0.5, 0.6) is 5.75 Å². The van der Waals surface area contributed by atoms with E-state index in [1.54, 1.807) is 60.9 Å². The van der Waals surface area contributed by atoms with Crippen molar-refractivity contribution in [2.75, 3.05) is 11.9 Å². The largest absolute Gasteiger partial charge is 0.493 e. The van der Waals surface area contributed by atoms with E-state index in [2.05, 4.69) is 26.6 Å². The van der Waals surface area contributed by atoms with Crippen molar-refractivity contribution in [1.82, 2.24) is 5.32 Å². The number of para-hydroxylation sites is 1. The Labute approximate surface area is 171 Å². The van der Waals surface area contributed by atoms with Crippen LogP contribution in [0.15, 0.2) is 69.8 Å². The molecule has 144 valence electrons. The van der Waals surface area contributed by atoms with E-state index in [-0.39, 0.29) is 18.4 Å². The summed E-state index contributed by atoms with van der Waals surface area (Å²) in [6, 6.07) is 15.6. The zero-order valence-corrected chi connectivity index (χ0v) is 16.8. The quantitative estimate of drug-likeness (QED) is 0.559. The highest BCUT2D eigenvalue weighted by Gasteiger charge is 2.17. The van der Waals surface area contributed by atoms with Crippen LogP contribution in [0.4, 0.5) is 5.69 Å². The molecule has 0 aliphatic rings. The van der Waals surface area contributed by atoms with E-state index in [0.29, 0.717) is 34.9 Å². The monoisotopic (exact) mass is 442 g/mol. The van der Waals surface area contributed by atoms with Crippen LogP contribution < -0.4 is 15.4 Å². The van der Waals surface area contributed by atoms with Gasteiger partial charge in [-0.15, -0.1) is 0 Å². The highest BCUT2D eigenvalue weighted by molar-refractivity contribution is 9.10. The van der Waals surface area contributed by atoms with Crippen molar-refractivity contribution >= 4 is 33.4 Å². The van der Waals surface area contributed by atoms with E-state index in [9.17, 15) is 9.59 Å². The van der Waals surface area contributed by atoms with Gasteiger partial charge in [0.15, 0.2) is 0 Å². The van der Waals surface area contributed by atoms with Gasteiger partial charge in [-0.3, -0.25) is 9.59 Å². The summed E-state index contributed by atoms with van der Waals surface area (Å²) in [6.07, 6.45) is 1.55. The number of carbonyl (C=O) groups excluding carboxylic acids is 2. The second-order valence-electron chi connectivity index (χ2n) is 5.84. The van der Waals surface area contributed by atoms with Gasteiger partial charge in [-0.25, -0.2) is 0 Å². The molecule has 0 bridgehead atoms. The lowest BCUT2D eigenvalue weighted by atomic mass is 10.1. The maximum atomic E-state index is 12.8. The van der Waals surface area contributed by atoms with E-state index in [1.165, 1.54) is 0 Å². The highest BCUT2D eigenvalue weighted by atomic mass is 79.9. The van der Waals surface area contributed by atoms with Crippen molar-refractivity contribution in [2.45, 2.75) is 13.5 Å². The van der Waals surface area contributed by atoms with Crippen molar-refractivity contribution in [3.05, 3.63) is 82.2 Å². The maximum absolute atomic E-state index is 12.8. The number of hydrogen-bond acceptors (Lipinski definition) is 4. The van der Waals surface area contributed by atoms with Crippen molar-refractivity contribution in [1.29, 1.82) is 0 Å². The minimum Gasteiger partial charge on any atom is -0.493 e. The molecule has 1 heterocycles. The smallest absolute Gasteiger partial charge is 0.259 e. The third-order valence-electron chi connectivity index (χ3n) is 3.91. The third-order valence-corrected chi connectivity index (χ3v) is 4.40. The van der Waals surface area contributed by atoms with Crippen LogP contribution in [-0.2, 0) is 6.54 Å². The van der Waals surface area contributed by atoms with Gasteiger partial charge in [-0.1, -0.05) is 28.1 Å². The average Bonchev–Trinajstić information content (AvgIpc) is 3.21. The number of rotatable bonds is 7. The van der Waals surface area contributed by atoms with Gasteiger partial charge < -0.3 is 19.8 Å². The molecule has 2 N–H and O–H groups in total. The SMILES string of the molecule is CCOc1ccc(Br)cc1C(=O)Nc1ccccc1C(=O)NCc1ccco1. The predicted molar refractivity (Wildman–Crippen MR) is 110 cm³/mol. The first-order chi connectivity index (χ1) is 13.6. The summed E-state index contributed by atoms with van der Waals surface area (Å²) >= 11 is 3.37. The number of nitrogens with one attached hydrogen (secondary N) is 2. The summed E-state index contributed by atoms with van der Waals surface area (Å²) in [7, 11) is 0. The lowest BCUT2D eigenvalue weighted by molar-refractivity contribution is 0.0949. The van der Waals surface area contributed by atoms with Crippen molar-refractivity contribution < 1.29 is 18.7 Å². The first kappa shape index (κ1) is 19.7. The van der Waals surface area contributed by atoms with Gasteiger partial charge in [0.2, 0.25) is 0 Å². The van der Waals surface area contributed by atoms with Gasteiger partial charge in [-0.2, -0.15) is 0 Å². The molecule has 6 nitrogen and oxygen atoms in total. The lowest BCUT2D eigenvalue weighted by Gasteiger charge is -2.13. The van der Waals surface area contributed by atoms with Gasteiger partial charge >= 0.3 is 0 Å². The van der Waals surface area contributed by atoms with Crippen LogP contribution in [0.3, 0.4) is 0 Å². The number of amides is 2. The summed E-state index contributed by atoms with van der Waals surface area (Å²) in [5, 5.41) is 5.58. The van der Waals surface area contributed by atoms with Crippen LogP contribution in [0.25, 0.3) is 0 Å². The lowest BCUT2D eigenvalue weighted by Crippen LogP contribution is -2.24. The number of furan rings is 1. The van der Waals surface area contributed by atoms with Gasteiger partial charge in [0.1, 0.15) is 11.5 Å². The second kappa shape index (κ2) is 9.23. The standard InChI is InChI=1S/C21H19BrN2O4/c1-2-27-19-10-9-14(22)12-17(19)21(26)24-18-8-4-3-7-16(18)20(25)23-13-15-6-5-11-28-15/h3-12H,2,13H2,1H3,(H,23,25)(H,24,26). The van der Waals surface area contributed by atoms with E-state index in [0.717, 1.165) is 4.47 Å². The fourth-order valence-corrected chi connectivity index (χ4v) is 2.98. The Kier molecular flexibility index (Phi) is 6.49. The number of anilines is 1. The van der Waals surface area contributed by atoms with Crippen LogP contribution >= 0.6 is 15.9 Å². The van der Waals surface area contributed by atoms with Gasteiger partial charge in [-0.05, 0) is 49.4 Å². The van der Waals surface area contributed by atoms with Crippen molar-refractivity contribution in [2.24, 2.45) is 0 Å². The first-order valence-corrected chi connectivity index (χ1v) is 9.51. The summed E-state index contributed by atoms with van der Waals surface area (Å²) < 4.78 is 11.5. The minimum absolute atomic E-state index is 0.258. The molecule has 0 aliphatic carbocycles. The van der Waals surface area contributed by atoms with E-state index >= 15 is 0 Å². The van der Waals surface area contributed by atoms with Gasteiger partial charge in [0.05, 0.1) is 36.2 Å². The summed E-state index contributed by atoms with van der Waals surface area (Å²) in [5.74, 6) is 0.441. The van der Waals surface area contributed by atoms with Gasteiger partial charge in [0, 0.05) is 4.47 Å². The molecule has 3 rings (SSSR count). The number of ether oxygens (including phenoxy) is 1. The predicted octanol–water partition coefficient (Wildman–Crippen LogP) is 4.62. The first-order valence-electron chi connectivity index (χ1n) is 8.71. The van der Waals surface area contributed by atoms with Crippen LogP contribution in [0.1, 0.15) is 33.4 Å². The molecule has 2 amide bonds. The van der Waals surface area contributed by atoms with Crippen molar-refractivity contribution in [3.8, 4) is 5.75 Å². The molecule has 7 heteroatoms. The van der Waals surface area contributed by atoms with Crippen molar-refractivity contribution in [3.63, 3.8) is 0 Å². The van der Waals surface area contributed by atoms with Gasteiger partial charge in [0.25, 0.3) is 11.8 Å². The molecular formula is C21H19BrN2O4. The number of benzene rings is 2. The zero-order valence-electron chi connectivity index (χ0n) is 15.2. The summed E-state index contributed by atoms with van der Waals surface area (Å²) in [4.78, 5) is 25.4. The van der Waals surface area contributed by atoms with E-state index < -0.39 is 0 Å². The summed E-state index contributed by atoms with van der Waals surface area (Å²) in [6.45, 7) is 2.55. The number of hydrogen-bond donors (Lipinski definition) is 2. The Balaban J connectivity index is 1.78. The molecule has 0 atom stereocenters. The molecule has 28 heavy (non-hydrogen) atoms. The molecule has 2 aromatic carbocycles. The number of carbonyl (C=O) groups is 2. The molecule has 0 radical (unpaired) electrons. The molecule has 0 spiro atoms. The Hall–Kier alpha value is -3.06. The molecule has 3 aromatic rings. The Bertz CT molecular complexity index is 970. The minimum atomic E-state index is -0.365. The van der Waals surface area contributed by atoms with E-state index in [4.69, 9.17) is 9.15 Å². The van der Waals surface area contributed by atoms with Crippen LogP contribution in [0, 0.1) is 0 Å². The zero-order chi connectivity index (χ0) is 19.9. The third kappa shape index (κ3) is 4.80. The fraction of sp³-hybridized carbons (Fsp3) is 0.143. The second-order valence-corrected chi connectivity index (χ2v) is 6.75. The molecule has 0 fully saturated rings. The molecule has 0 saturated heterocycles. The molecule has 0 aliphatic heterocycles. The van der Waals surface area contributed by atoms with E-state index in [1.807, 2.05) is 6.92 Å². The highest BCUT2D eigenvalue weighted by Crippen LogP contribution is 2.25.